The number of anilines is 3. The number of ether oxygens (including phenoxy) is 1. The van der Waals surface area contributed by atoms with Gasteiger partial charge in [-0.25, -0.2) is 21.6 Å². The van der Waals surface area contributed by atoms with Crippen LogP contribution in [-0.4, -0.2) is 59.8 Å². The number of nitrogens with zero attached hydrogens (tertiary/aromatic N) is 2. The fourth-order valence-corrected chi connectivity index (χ4v) is 8.40. The largest absolute Gasteiger partial charge is 0.423 e. The molecule has 6 rings (SSSR count). The molecular weight excluding hydrogens is 806 g/mol. The molecule has 1 heterocycles. The van der Waals surface area contributed by atoms with Crippen molar-refractivity contribution in [3.05, 3.63) is 140 Å². The molecular formula is C36H28Cl4N4O7S2. The number of rotatable bonds is 10. The molecule has 274 valence electrons. The number of sulfonamides is 2. The molecule has 1 amide bonds. The van der Waals surface area contributed by atoms with Crippen LogP contribution < -0.4 is 19.1 Å². The first kappa shape index (κ1) is 38.2. The van der Waals surface area contributed by atoms with Crippen molar-refractivity contribution in [3.8, 4) is 5.75 Å². The number of nitrogens with one attached hydrogen (secondary N) is 2. The van der Waals surface area contributed by atoms with Crippen molar-refractivity contribution >= 4 is 95.4 Å². The van der Waals surface area contributed by atoms with Crippen LogP contribution in [0.25, 0.3) is 0 Å². The maximum Gasteiger partial charge on any atom is 0.343 e. The number of hydrogen-bond donors (Lipinski definition) is 2. The topological polar surface area (TPSA) is 142 Å². The molecule has 2 N–H and O–H groups in total. The van der Waals surface area contributed by atoms with E-state index in [4.69, 9.17) is 51.1 Å². The first-order valence-corrected chi connectivity index (χ1v) is 20.2. The summed E-state index contributed by atoms with van der Waals surface area (Å²) in [5.74, 6) is -0.832. The molecule has 0 atom stereocenters. The van der Waals surface area contributed by atoms with E-state index in [9.17, 15) is 26.4 Å². The number of carbonyl (C=O) groups excluding carboxylic acids is 2. The summed E-state index contributed by atoms with van der Waals surface area (Å²) in [5.41, 5.74) is 1.27. The Labute approximate surface area is 326 Å². The van der Waals surface area contributed by atoms with Crippen LogP contribution in [0.5, 0.6) is 5.75 Å². The van der Waals surface area contributed by atoms with Crippen LogP contribution in [0.2, 0.25) is 20.1 Å². The quantitative estimate of drug-likeness (QED) is 0.106. The highest BCUT2D eigenvalue weighted by atomic mass is 35.5. The highest BCUT2D eigenvalue weighted by Crippen LogP contribution is 2.30. The van der Waals surface area contributed by atoms with Crippen LogP contribution in [-0.2, 0) is 20.0 Å². The Morgan fingerprint density at radius 2 is 1.08 bits per heavy atom. The van der Waals surface area contributed by atoms with E-state index in [-0.39, 0.29) is 59.0 Å². The molecule has 1 saturated heterocycles. The number of hydrogen-bond acceptors (Lipinski definition) is 8. The maximum absolute atomic E-state index is 13.4. The molecule has 0 bridgehead atoms. The monoisotopic (exact) mass is 832 g/mol. The van der Waals surface area contributed by atoms with E-state index in [0.29, 0.717) is 31.2 Å². The van der Waals surface area contributed by atoms with Gasteiger partial charge in [-0.15, -0.1) is 0 Å². The van der Waals surface area contributed by atoms with Crippen LogP contribution >= 0.6 is 46.4 Å². The van der Waals surface area contributed by atoms with Crippen LogP contribution in [0.3, 0.4) is 0 Å². The minimum atomic E-state index is -4.11. The molecule has 1 fully saturated rings. The molecule has 0 unspecified atom stereocenters. The van der Waals surface area contributed by atoms with Gasteiger partial charge in [0, 0.05) is 47.5 Å². The fraction of sp³-hybridized carbons (Fsp3) is 0.111. The second kappa shape index (κ2) is 15.8. The number of halogens is 4. The highest BCUT2D eigenvalue weighted by Gasteiger charge is 2.25. The van der Waals surface area contributed by atoms with Crippen molar-refractivity contribution < 1.29 is 31.2 Å². The SMILES string of the molecule is O=C(Oc1ccc(N2CCN(C(=O)c3cccc(S(=O)(=O)Nc4cc(Cl)ccc4Cl)c3)CC2)cc1)c1cccc(S(=O)(=O)Nc2cc(Cl)ccc2Cl)c1. The summed E-state index contributed by atoms with van der Waals surface area (Å²) in [6, 6.07) is 26.7. The zero-order valence-corrected chi connectivity index (χ0v) is 32.0. The third kappa shape index (κ3) is 9.18. The highest BCUT2D eigenvalue weighted by molar-refractivity contribution is 7.93. The average molecular weight is 835 g/mol. The molecule has 0 radical (unpaired) electrons. The smallest absolute Gasteiger partial charge is 0.343 e. The third-order valence-corrected chi connectivity index (χ3v) is 12.0. The Hall–Kier alpha value is -4.50. The molecule has 1 aliphatic heterocycles. The molecule has 53 heavy (non-hydrogen) atoms. The number of piperazine rings is 1. The molecule has 5 aromatic rings. The van der Waals surface area contributed by atoms with Gasteiger partial charge in [0.15, 0.2) is 0 Å². The summed E-state index contributed by atoms with van der Waals surface area (Å²) >= 11 is 24.2. The summed E-state index contributed by atoms with van der Waals surface area (Å²) < 4.78 is 62.5. The first-order valence-electron chi connectivity index (χ1n) is 15.7. The van der Waals surface area contributed by atoms with Gasteiger partial charge < -0.3 is 14.5 Å². The Morgan fingerprint density at radius 1 is 0.585 bits per heavy atom. The second-order valence-electron chi connectivity index (χ2n) is 11.7. The van der Waals surface area contributed by atoms with Gasteiger partial charge in [-0.2, -0.15) is 0 Å². The van der Waals surface area contributed by atoms with Crippen molar-refractivity contribution in [1.82, 2.24) is 4.90 Å². The van der Waals surface area contributed by atoms with Gasteiger partial charge in [0.25, 0.3) is 26.0 Å². The molecule has 17 heteroatoms. The number of carbonyl (C=O) groups is 2. The van der Waals surface area contributed by atoms with Crippen LogP contribution in [0.4, 0.5) is 17.1 Å². The molecule has 5 aromatic carbocycles. The first-order chi connectivity index (χ1) is 25.2. The van der Waals surface area contributed by atoms with E-state index in [1.807, 2.05) is 0 Å². The fourth-order valence-electron chi connectivity index (χ4n) is 5.39. The lowest BCUT2D eigenvalue weighted by Crippen LogP contribution is -2.48. The predicted octanol–water partition coefficient (Wildman–Crippen LogP) is 8.08. The van der Waals surface area contributed by atoms with E-state index in [0.717, 1.165) is 5.69 Å². The summed E-state index contributed by atoms with van der Waals surface area (Å²) in [6.45, 7) is 1.74. The van der Waals surface area contributed by atoms with Crippen molar-refractivity contribution in [2.24, 2.45) is 0 Å². The van der Waals surface area contributed by atoms with Gasteiger partial charge in [0.1, 0.15) is 5.75 Å². The zero-order chi connectivity index (χ0) is 37.9. The van der Waals surface area contributed by atoms with Crippen molar-refractivity contribution in [2.75, 3.05) is 40.5 Å². The van der Waals surface area contributed by atoms with Gasteiger partial charge in [-0.3, -0.25) is 14.2 Å². The standard InChI is InChI=1S/C36H28Cl4N4O7S2/c37-25-7-13-31(39)33(21-25)41-52(47,48)29-5-1-3-23(19-29)35(45)44-17-15-43(16-18-44)27-9-11-28(12-10-27)51-36(46)24-4-2-6-30(20-24)53(49,50)42-34-22-26(38)8-14-32(34)40/h1-14,19-22,41-42H,15-18H2. The Kier molecular flexibility index (Phi) is 11.4. The number of benzene rings is 5. The summed E-state index contributed by atoms with van der Waals surface area (Å²) in [5, 5.41) is 0.920. The molecule has 0 spiro atoms. The summed E-state index contributed by atoms with van der Waals surface area (Å²) in [7, 11) is -8.18. The zero-order valence-electron chi connectivity index (χ0n) is 27.3. The van der Waals surface area contributed by atoms with Gasteiger partial charge in [0.2, 0.25) is 0 Å². The minimum Gasteiger partial charge on any atom is -0.423 e. The van der Waals surface area contributed by atoms with Gasteiger partial charge in [-0.05, 0) is 97.1 Å². The predicted molar refractivity (Wildman–Crippen MR) is 207 cm³/mol. The van der Waals surface area contributed by atoms with Gasteiger partial charge in [0.05, 0.1) is 36.8 Å². The van der Waals surface area contributed by atoms with Gasteiger partial charge >= 0.3 is 5.97 Å². The lowest BCUT2D eigenvalue weighted by molar-refractivity contribution is 0.0731. The third-order valence-electron chi connectivity index (χ3n) is 8.10. The average Bonchev–Trinajstić information content (AvgIpc) is 3.14. The molecule has 0 aliphatic carbocycles. The molecule has 11 nitrogen and oxygen atoms in total. The second-order valence-corrected chi connectivity index (χ2v) is 16.7. The number of amides is 1. The summed E-state index contributed by atoms with van der Waals surface area (Å²) in [4.78, 5) is 29.8. The van der Waals surface area contributed by atoms with E-state index in [1.54, 1.807) is 35.2 Å². The van der Waals surface area contributed by atoms with E-state index in [2.05, 4.69) is 14.3 Å². The normalized spacial score (nSPS) is 13.4. The van der Waals surface area contributed by atoms with Crippen LogP contribution in [0, 0.1) is 0 Å². The van der Waals surface area contributed by atoms with E-state index in [1.165, 1.54) is 78.9 Å². The lowest BCUT2D eigenvalue weighted by Gasteiger charge is -2.36. The molecule has 1 aliphatic rings. The van der Waals surface area contributed by atoms with Crippen molar-refractivity contribution in [3.63, 3.8) is 0 Å². The van der Waals surface area contributed by atoms with E-state index < -0.39 is 26.0 Å². The lowest BCUT2D eigenvalue weighted by atomic mass is 10.1. The summed E-state index contributed by atoms with van der Waals surface area (Å²) in [6.07, 6.45) is 0. The Bertz CT molecular complexity index is 2430. The van der Waals surface area contributed by atoms with Crippen molar-refractivity contribution in [1.29, 1.82) is 0 Å². The van der Waals surface area contributed by atoms with Crippen LogP contribution in [0.15, 0.2) is 119 Å². The minimum absolute atomic E-state index is 0.0137. The van der Waals surface area contributed by atoms with E-state index >= 15 is 0 Å². The maximum atomic E-state index is 13.4. The molecule has 0 aromatic heterocycles. The Morgan fingerprint density at radius 3 is 1.60 bits per heavy atom. The molecule has 0 saturated carbocycles. The van der Waals surface area contributed by atoms with Gasteiger partial charge in [-0.1, -0.05) is 58.5 Å². The Balaban J connectivity index is 1.05. The van der Waals surface area contributed by atoms with Crippen molar-refractivity contribution in [2.45, 2.75) is 9.79 Å². The van der Waals surface area contributed by atoms with Crippen LogP contribution in [0.1, 0.15) is 20.7 Å². The number of esters is 1.